The van der Waals surface area contributed by atoms with Gasteiger partial charge in [0.15, 0.2) is 6.29 Å². The van der Waals surface area contributed by atoms with Crippen LogP contribution in [-0.2, 0) is 14.3 Å². The first-order chi connectivity index (χ1) is 14.3. The molecule has 0 bridgehead atoms. The first-order valence-corrected chi connectivity index (χ1v) is 11.6. The largest absolute Gasteiger partial charge is 0.388 e. The van der Waals surface area contributed by atoms with Gasteiger partial charge >= 0.3 is 0 Å². The fraction of sp³-hybridized carbons (Fsp3) is 0.792. The third-order valence-corrected chi connectivity index (χ3v) is 8.63. The average molecular weight is 419 g/mol. The second kappa shape index (κ2) is 7.52. The van der Waals surface area contributed by atoms with E-state index < -0.39 is 30.7 Å². The third kappa shape index (κ3) is 3.15. The van der Waals surface area contributed by atoms with E-state index in [2.05, 4.69) is 13.0 Å². The van der Waals surface area contributed by atoms with Crippen LogP contribution in [0, 0.1) is 17.3 Å². The number of aliphatic hydroxyl groups excluding tert-OH is 3. The van der Waals surface area contributed by atoms with Gasteiger partial charge in [-0.1, -0.05) is 29.7 Å². The normalized spacial score (nSPS) is 48.7. The van der Waals surface area contributed by atoms with Gasteiger partial charge in [-0.25, -0.2) is 0 Å². The summed E-state index contributed by atoms with van der Waals surface area (Å²) < 4.78 is 11.7. The second-order valence-corrected chi connectivity index (χ2v) is 10.2. The van der Waals surface area contributed by atoms with E-state index in [1.165, 1.54) is 11.1 Å². The molecule has 3 fully saturated rings. The number of hydrogen-bond donors (Lipinski definition) is 3. The molecule has 1 heterocycles. The van der Waals surface area contributed by atoms with Crippen LogP contribution in [0.5, 0.6) is 0 Å². The van der Waals surface area contributed by atoms with Crippen molar-refractivity contribution in [3.8, 4) is 0 Å². The molecule has 4 aliphatic carbocycles. The van der Waals surface area contributed by atoms with Gasteiger partial charge in [0.05, 0.1) is 12.2 Å². The van der Waals surface area contributed by atoms with Crippen LogP contribution in [0.15, 0.2) is 22.8 Å². The van der Waals surface area contributed by atoms with Crippen LogP contribution in [0.1, 0.15) is 65.2 Å². The Balaban J connectivity index is 1.27. The number of hydrogen-bond acceptors (Lipinski definition) is 6. The van der Waals surface area contributed by atoms with Gasteiger partial charge in [-0.2, -0.15) is 0 Å². The number of aliphatic hydroxyl groups is 3. The van der Waals surface area contributed by atoms with E-state index in [0.29, 0.717) is 17.6 Å². The quantitative estimate of drug-likeness (QED) is 0.596. The Kier molecular flexibility index (Phi) is 5.22. The molecule has 5 aliphatic rings. The van der Waals surface area contributed by atoms with E-state index in [4.69, 9.17) is 9.47 Å². The number of Topliss-reactive ketones (excluding diaryl/α,β-unsaturated/α-hetero) is 1. The standard InChI is InChI=1S/C24H34O6/c1-12-20(26)21(27)22(28)23(29-12)30-14-4-6-15-13(11-14)3-5-17-16(15)9-10-24(2)18(17)7-8-19(24)25/h5,12,14,16,18,20-23,26-28H,3-4,6-11H2,1-2H3/t12-,14+,16-,18+,20-,21+,22-,23?,24+/m1/s1. The minimum absolute atomic E-state index is 0.0603. The summed E-state index contributed by atoms with van der Waals surface area (Å²) in [6.45, 7) is 3.86. The summed E-state index contributed by atoms with van der Waals surface area (Å²) in [7, 11) is 0. The molecule has 0 radical (unpaired) electrons. The summed E-state index contributed by atoms with van der Waals surface area (Å²) >= 11 is 0. The highest BCUT2D eigenvalue weighted by atomic mass is 16.7. The SMILES string of the molecule is C[C@H]1OC(O[C@H]2CCC3=C(CC=C4[C@@H]3CC[C@]3(C)C(=O)CC[C@@H]43)C2)[C@H](O)[C@@H](O)[C@@H]1O. The predicted octanol–water partition coefficient (Wildman–Crippen LogP) is 2.41. The summed E-state index contributed by atoms with van der Waals surface area (Å²) in [5.41, 5.74) is 4.37. The van der Waals surface area contributed by atoms with Crippen LogP contribution < -0.4 is 0 Å². The molecule has 2 saturated carbocycles. The molecule has 6 heteroatoms. The lowest BCUT2D eigenvalue weighted by Crippen LogP contribution is -2.58. The number of ketones is 1. The molecule has 0 aromatic heterocycles. The Morgan fingerprint density at radius 1 is 1.10 bits per heavy atom. The van der Waals surface area contributed by atoms with Crippen molar-refractivity contribution < 1.29 is 29.6 Å². The van der Waals surface area contributed by atoms with E-state index in [-0.39, 0.29) is 11.5 Å². The van der Waals surface area contributed by atoms with Crippen molar-refractivity contribution in [1.29, 1.82) is 0 Å². The molecule has 1 aliphatic heterocycles. The number of fused-ring (bicyclic) bond motifs is 4. The highest BCUT2D eigenvalue weighted by Gasteiger charge is 2.52. The average Bonchev–Trinajstić information content (AvgIpc) is 3.04. The third-order valence-electron chi connectivity index (χ3n) is 8.63. The van der Waals surface area contributed by atoms with E-state index in [1.54, 1.807) is 12.5 Å². The fourth-order valence-electron chi connectivity index (χ4n) is 6.74. The molecule has 0 aromatic carbocycles. The monoisotopic (exact) mass is 418 g/mol. The number of carbonyl (C=O) groups excluding carboxylic acids is 1. The van der Waals surface area contributed by atoms with Crippen molar-refractivity contribution in [3.05, 3.63) is 22.8 Å². The minimum Gasteiger partial charge on any atom is -0.388 e. The Morgan fingerprint density at radius 3 is 2.70 bits per heavy atom. The fourth-order valence-corrected chi connectivity index (χ4v) is 6.74. The van der Waals surface area contributed by atoms with Crippen LogP contribution in [0.3, 0.4) is 0 Å². The maximum Gasteiger partial charge on any atom is 0.186 e. The highest BCUT2D eigenvalue weighted by molar-refractivity contribution is 5.88. The lowest BCUT2D eigenvalue weighted by atomic mass is 9.58. The Bertz CT molecular complexity index is 787. The van der Waals surface area contributed by atoms with Gasteiger partial charge < -0.3 is 24.8 Å². The number of ether oxygens (including phenoxy) is 2. The van der Waals surface area contributed by atoms with Crippen LogP contribution in [0.4, 0.5) is 0 Å². The lowest BCUT2D eigenvalue weighted by Gasteiger charge is -2.46. The van der Waals surface area contributed by atoms with Crippen molar-refractivity contribution >= 4 is 5.78 Å². The smallest absolute Gasteiger partial charge is 0.186 e. The Labute approximate surface area is 177 Å². The van der Waals surface area contributed by atoms with Crippen molar-refractivity contribution in [1.82, 2.24) is 0 Å². The van der Waals surface area contributed by atoms with Crippen molar-refractivity contribution in [2.45, 2.75) is 102 Å². The zero-order valence-corrected chi connectivity index (χ0v) is 17.9. The highest BCUT2D eigenvalue weighted by Crippen LogP contribution is 2.58. The van der Waals surface area contributed by atoms with Gasteiger partial charge in [0.1, 0.15) is 24.1 Å². The second-order valence-electron chi connectivity index (χ2n) is 10.2. The van der Waals surface area contributed by atoms with Crippen LogP contribution >= 0.6 is 0 Å². The molecule has 1 saturated heterocycles. The molecule has 9 atom stereocenters. The topological polar surface area (TPSA) is 96.2 Å². The number of carbonyl (C=O) groups is 1. The molecule has 30 heavy (non-hydrogen) atoms. The van der Waals surface area contributed by atoms with Gasteiger partial charge in [0.25, 0.3) is 0 Å². The van der Waals surface area contributed by atoms with Gasteiger partial charge in [-0.05, 0) is 57.8 Å². The van der Waals surface area contributed by atoms with Crippen molar-refractivity contribution in [3.63, 3.8) is 0 Å². The summed E-state index contributed by atoms with van der Waals surface area (Å²) in [4.78, 5) is 12.5. The minimum atomic E-state index is -1.26. The number of rotatable bonds is 2. The van der Waals surface area contributed by atoms with Crippen molar-refractivity contribution in [2.75, 3.05) is 0 Å². The van der Waals surface area contributed by atoms with Crippen LogP contribution in [-0.4, -0.2) is 57.9 Å². The summed E-state index contributed by atoms with van der Waals surface area (Å²) in [5, 5.41) is 30.2. The van der Waals surface area contributed by atoms with E-state index in [9.17, 15) is 20.1 Å². The maximum atomic E-state index is 12.5. The molecule has 6 nitrogen and oxygen atoms in total. The zero-order valence-electron chi connectivity index (χ0n) is 17.9. The lowest BCUT2D eigenvalue weighted by molar-refractivity contribution is -0.304. The molecule has 0 amide bonds. The molecular formula is C24H34O6. The molecule has 0 aromatic rings. The number of allylic oxidation sites excluding steroid dienone is 3. The van der Waals surface area contributed by atoms with E-state index >= 15 is 0 Å². The molecule has 3 N–H and O–H groups in total. The van der Waals surface area contributed by atoms with Gasteiger partial charge in [0, 0.05) is 17.8 Å². The summed E-state index contributed by atoms with van der Waals surface area (Å²) in [6.07, 6.45) is 4.59. The molecular weight excluding hydrogens is 384 g/mol. The van der Waals surface area contributed by atoms with E-state index in [0.717, 1.165) is 51.4 Å². The molecule has 166 valence electrons. The predicted molar refractivity (Wildman–Crippen MR) is 109 cm³/mol. The van der Waals surface area contributed by atoms with Crippen molar-refractivity contribution in [2.24, 2.45) is 17.3 Å². The molecule has 0 spiro atoms. The Morgan fingerprint density at radius 2 is 1.90 bits per heavy atom. The summed E-state index contributed by atoms with van der Waals surface area (Å²) in [6, 6.07) is 0. The van der Waals surface area contributed by atoms with E-state index in [1.807, 2.05) is 0 Å². The van der Waals surface area contributed by atoms with Gasteiger partial charge in [-0.3, -0.25) is 4.79 Å². The summed E-state index contributed by atoms with van der Waals surface area (Å²) in [5.74, 6) is 1.37. The molecule has 5 rings (SSSR count). The maximum absolute atomic E-state index is 12.5. The van der Waals surface area contributed by atoms with Gasteiger partial charge in [0.2, 0.25) is 0 Å². The van der Waals surface area contributed by atoms with Crippen LogP contribution in [0.25, 0.3) is 0 Å². The Hall–Kier alpha value is -1.05. The zero-order chi connectivity index (χ0) is 21.2. The van der Waals surface area contributed by atoms with Gasteiger partial charge in [-0.15, -0.1) is 0 Å². The first kappa shape index (κ1) is 20.8. The van der Waals surface area contributed by atoms with Crippen LogP contribution in [0.2, 0.25) is 0 Å². The molecule has 1 unspecified atom stereocenters. The first-order valence-electron chi connectivity index (χ1n) is 11.6.